The van der Waals surface area contributed by atoms with Crippen LogP contribution in [-0.4, -0.2) is 28.6 Å². The van der Waals surface area contributed by atoms with Gasteiger partial charge in [-0.05, 0) is 41.0 Å². The molecule has 3 aromatic carbocycles. The number of benzene rings is 3. The standard InChI is InChI=1S/C23H19Cl2N3O/c24-20-10-4-8-18(12-20)14-26-28-22(29)16-27(15-17-6-2-1-3-7-17)23(28)19-9-5-11-21(25)13-19/h1-14,23H,15-16H2/b26-14-/t23-/m0/s1. The Morgan fingerprint density at radius 3 is 2.38 bits per heavy atom. The molecular formula is C23H19Cl2N3O. The zero-order valence-corrected chi connectivity index (χ0v) is 17.1. The van der Waals surface area contributed by atoms with Crippen LogP contribution in [0.5, 0.6) is 0 Å². The highest BCUT2D eigenvalue weighted by molar-refractivity contribution is 6.31. The molecule has 0 unspecified atom stereocenters. The minimum absolute atomic E-state index is 0.0656. The van der Waals surface area contributed by atoms with Gasteiger partial charge in [0.25, 0.3) is 5.91 Å². The quantitative estimate of drug-likeness (QED) is 0.517. The van der Waals surface area contributed by atoms with Gasteiger partial charge in [-0.2, -0.15) is 5.10 Å². The van der Waals surface area contributed by atoms with E-state index in [0.717, 1.165) is 16.7 Å². The van der Waals surface area contributed by atoms with Crippen molar-refractivity contribution in [1.82, 2.24) is 9.91 Å². The van der Waals surface area contributed by atoms with Gasteiger partial charge in [0.15, 0.2) is 0 Å². The summed E-state index contributed by atoms with van der Waals surface area (Å²) >= 11 is 12.3. The summed E-state index contributed by atoms with van der Waals surface area (Å²) in [6.07, 6.45) is 1.32. The Morgan fingerprint density at radius 2 is 1.66 bits per heavy atom. The minimum Gasteiger partial charge on any atom is -0.271 e. The SMILES string of the molecule is O=C1CN(Cc2ccccc2)[C@H](c2cccc(Cl)c2)N1/N=C\c1cccc(Cl)c1. The summed E-state index contributed by atoms with van der Waals surface area (Å²) in [6, 6.07) is 25.0. The number of halogens is 2. The molecule has 1 aliphatic rings. The normalized spacial score (nSPS) is 17.4. The fraction of sp³-hybridized carbons (Fsp3) is 0.130. The van der Waals surface area contributed by atoms with E-state index >= 15 is 0 Å². The van der Waals surface area contributed by atoms with Crippen molar-refractivity contribution in [3.63, 3.8) is 0 Å². The van der Waals surface area contributed by atoms with Gasteiger partial charge < -0.3 is 0 Å². The van der Waals surface area contributed by atoms with Crippen LogP contribution >= 0.6 is 23.2 Å². The molecule has 0 aromatic heterocycles. The van der Waals surface area contributed by atoms with Gasteiger partial charge in [-0.1, -0.05) is 77.8 Å². The highest BCUT2D eigenvalue weighted by Crippen LogP contribution is 2.33. The Bertz CT molecular complexity index is 1040. The molecule has 1 amide bonds. The summed E-state index contributed by atoms with van der Waals surface area (Å²) < 4.78 is 0. The second-order valence-electron chi connectivity index (χ2n) is 6.86. The van der Waals surface area contributed by atoms with Crippen molar-refractivity contribution >= 4 is 35.3 Å². The number of rotatable bonds is 5. The lowest BCUT2D eigenvalue weighted by molar-refractivity contribution is -0.128. The van der Waals surface area contributed by atoms with Gasteiger partial charge in [-0.3, -0.25) is 9.69 Å². The number of amides is 1. The van der Waals surface area contributed by atoms with Crippen LogP contribution in [0.4, 0.5) is 0 Å². The largest absolute Gasteiger partial charge is 0.271 e. The molecule has 0 radical (unpaired) electrons. The summed E-state index contributed by atoms with van der Waals surface area (Å²) in [7, 11) is 0. The highest BCUT2D eigenvalue weighted by atomic mass is 35.5. The highest BCUT2D eigenvalue weighted by Gasteiger charge is 2.39. The molecule has 1 heterocycles. The third-order valence-corrected chi connectivity index (χ3v) is 5.20. The fourth-order valence-electron chi connectivity index (χ4n) is 3.45. The topological polar surface area (TPSA) is 35.9 Å². The maximum absolute atomic E-state index is 12.8. The van der Waals surface area contributed by atoms with E-state index in [9.17, 15) is 4.79 Å². The number of nitrogens with zero attached hydrogens (tertiary/aromatic N) is 3. The zero-order chi connectivity index (χ0) is 20.2. The van der Waals surface area contributed by atoms with E-state index in [1.54, 1.807) is 12.3 Å². The Morgan fingerprint density at radius 1 is 0.931 bits per heavy atom. The molecule has 1 aliphatic heterocycles. The van der Waals surface area contributed by atoms with E-state index < -0.39 is 0 Å². The van der Waals surface area contributed by atoms with Crippen LogP contribution < -0.4 is 0 Å². The van der Waals surface area contributed by atoms with Gasteiger partial charge in [0.1, 0.15) is 6.17 Å². The van der Waals surface area contributed by atoms with Crippen molar-refractivity contribution < 1.29 is 4.79 Å². The smallest absolute Gasteiger partial charge is 0.258 e. The Hall–Kier alpha value is -2.66. The van der Waals surface area contributed by atoms with Crippen LogP contribution in [0.25, 0.3) is 0 Å². The van der Waals surface area contributed by atoms with Crippen LogP contribution in [0, 0.1) is 0 Å². The summed E-state index contributed by atoms with van der Waals surface area (Å²) in [5, 5.41) is 7.28. The van der Waals surface area contributed by atoms with Gasteiger partial charge in [-0.15, -0.1) is 0 Å². The van der Waals surface area contributed by atoms with Gasteiger partial charge in [-0.25, -0.2) is 5.01 Å². The monoisotopic (exact) mass is 423 g/mol. The first-order valence-corrected chi connectivity index (χ1v) is 10.0. The molecule has 0 spiro atoms. The van der Waals surface area contributed by atoms with E-state index in [4.69, 9.17) is 23.2 Å². The molecule has 1 atom stereocenters. The number of hydrogen-bond donors (Lipinski definition) is 0. The van der Waals surface area contributed by atoms with Crippen molar-refractivity contribution in [3.8, 4) is 0 Å². The second-order valence-corrected chi connectivity index (χ2v) is 7.73. The summed E-state index contributed by atoms with van der Waals surface area (Å²) in [5.41, 5.74) is 2.88. The van der Waals surface area contributed by atoms with Gasteiger partial charge >= 0.3 is 0 Å². The maximum Gasteiger partial charge on any atom is 0.258 e. The number of carbonyl (C=O) groups excluding carboxylic acids is 1. The first-order chi connectivity index (χ1) is 14.1. The molecule has 0 bridgehead atoms. The molecule has 0 saturated carbocycles. The average molecular weight is 424 g/mol. The molecule has 3 aromatic rings. The number of carbonyl (C=O) groups is 1. The van der Waals surface area contributed by atoms with Gasteiger partial charge in [0.05, 0.1) is 12.8 Å². The van der Waals surface area contributed by atoms with Crippen LogP contribution in [0.15, 0.2) is 84.0 Å². The molecular weight excluding hydrogens is 405 g/mol. The lowest BCUT2D eigenvalue weighted by atomic mass is 10.1. The van der Waals surface area contributed by atoms with Crippen molar-refractivity contribution in [2.24, 2.45) is 5.10 Å². The van der Waals surface area contributed by atoms with Crippen molar-refractivity contribution in [1.29, 1.82) is 0 Å². The van der Waals surface area contributed by atoms with Crippen molar-refractivity contribution in [2.45, 2.75) is 12.7 Å². The maximum atomic E-state index is 12.8. The third-order valence-electron chi connectivity index (χ3n) is 4.73. The molecule has 4 rings (SSSR count). The van der Waals surface area contributed by atoms with E-state index in [1.165, 1.54) is 5.01 Å². The summed E-state index contributed by atoms with van der Waals surface area (Å²) in [5.74, 6) is -0.0656. The predicted molar refractivity (Wildman–Crippen MR) is 117 cm³/mol. The first kappa shape index (κ1) is 19.6. The molecule has 29 heavy (non-hydrogen) atoms. The fourth-order valence-corrected chi connectivity index (χ4v) is 3.84. The molecule has 4 nitrogen and oxygen atoms in total. The lowest BCUT2D eigenvalue weighted by Gasteiger charge is -2.27. The third kappa shape index (κ3) is 4.67. The molecule has 146 valence electrons. The Kier molecular flexibility index (Phi) is 5.95. The summed E-state index contributed by atoms with van der Waals surface area (Å²) in [6.45, 7) is 0.909. The van der Waals surface area contributed by atoms with E-state index in [1.807, 2.05) is 60.7 Å². The second kappa shape index (κ2) is 8.78. The number of hydrogen-bond acceptors (Lipinski definition) is 3. The van der Waals surface area contributed by atoms with Crippen LogP contribution in [-0.2, 0) is 11.3 Å². The van der Waals surface area contributed by atoms with Crippen molar-refractivity contribution in [2.75, 3.05) is 6.54 Å². The zero-order valence-electron chi connectivity index (χ0n) is 15.6. The van der Waals surface area contributed by atoms with Crippen LogP contribution in [0.3, 0.4) is 0 Å². The van der Waals surface area contributed by atoms with Gasteiger partial charge in [0, 0.05) is 16.6 Å². The number of hydrazone groups is 1. The van der Waals surface area contributed by atoms with Crippen molar-refractivity contribution in [3.05, 3.63) is 106 Å². The van der Waals surface area contributed by atoms with Gasteiger partial charge in [0.2, 0.25) is 0 Å². The Balaban J connectivity index is 1.67. The Labute approximate surface area is 180 Å². The van der Waals surface area contributed by atoms with E-state index in [-0.39, 0.29) is 18.6 Å². The summed E-state index contributed by atoms with van der Waals surface area (Å²) in [4.78, 5) is 14.9. The molecule has 6 heteroatoms. The van der Waals surface area contributed by atoms with Crippen LogP contribution in [0.1, 0.15) is 22.9 Å². The molecule has 1 fully saturated rings. The molecule has 0 N–H and O–H groups in total. The first-order valence-electron chi connectivity index (χ1n) is 9.25. The average Bonchev–Trinajstić information content (AvgIpc) is 3.02. The van der Waals surface area contributed by atoms with Crippen LogP contribution in [0.2, 0.25) is 10.0 Å². The predicted octanol–water partition coefficient (Wildman–Crippen LogP) is 5.37. The minimum atomic E-state index is -0.336. The van der Waals surface area contributed by atoms with E-state index in [0.29, 0.717) is 16.6 Å². The van der Waals surface area contributed by atoms with E-state index in [2.05, 4.69) is 22.1 Å². The molecule has 1 saturated heterocycles. The molecule has 0 aliphatic carbocycles. The lowest BCUT2D eigenvalue weighted by Crippen LogP contribution is -2.28.